The first kappa shape index (κ1) is 23.2. The zero-order valence-electron chi connectivity index (χ0n) is 16.7. The van der Waals surface area contributed by atoms with E-state index in [1.807, 2.05) is 49.9 Å². The second kappa shape index (κ2) is 9.95. The number of hydrogen-bond donors (Lipinski definition) is 1. The van der Waals surface area contributed by atoms with Crippen LogP contribution in [-0.2, 0) is 16.0 Å². The van der Waals surface area contributed by atoms with Gasteiger partial charge in [0.2, 0.25) is 11.8 Å². The first-order chi connectivity index (χ1) is 12.2. The van der Waals surface area contributed by atoms with Gasteiger partial charge in [0.1, 0.15) is 5.75 Å². The molecule has 1 aromatic rings. The van der Waals surface area contributed by atoms with Gasteiger partial charge in [0, 0.05) is 32.6 Å². The van der Waals surface area contributed by atoms with Crippen molar-refractivity contribution in [3.63, 3.8) is 0 Å². The van der Waals surface area contributed by atoms with Gasteiger partial charge >= 0.3 is 0 Å². The Morgan fingerprint density at radius 3 is 2.07 bits per heavy atom. The number of amides is 2. The van der Waals surface area contributed by atoms with Crippen molar-refractivity contribution in [1.29, 1.82) is 0 Å². The minimum absolute atomic E-state index is 0. The molecule has 7 heteroatoms. The third kappa shape index (κ3) is 6.40. The molecule has 6 nitrogen and oxygen atoms in total. The smallest absolute Gasteiger partial charge is 0.240 e. The maximum absolute atomic E-state index is 12.5. The third-order valence-corrected chi connectivity index (χ3v) is 4.93. The molecule has 1 atom stereocenters. The molecular formula is C20H32ClN3O3. The summed E-state index contributed by atoms with van der Waals surface area (Å²) in [5, 5.41) is 0. The van der Waals surface area contributed by atoms with Gasteiger partial charge in [-0.25, -0.2) is 0 Å². The van der Waals surface area contributed by atoms with E-state index < -0.39 is 6.04 Å². The molecule has 0 radical (unpaired) electrons. The Labute approximate surface area is 168 Å². The van der Waals surface area contributed by atoms with Crippen LogP contribution in [0.2, 0.25) is 0 Å². The van der Waals surface area contributed by atoms with E-state index >= 15 is 0 Å². The van der Waals surface area contributed by atoms with Gasteiger partial charge in [-0.05, 0) is 29.5 Å². The molecular weight excluding hydrogens is 366 g/mol. The van der Waals surface area contributed by atoms with Crippen molar-refractivity contribution in [2.45, 2.75) is 39.7 Å². The van der Waals surface area contributed by atoms with Crippen molar-refractivity contribution >= 4 is 24.2 Å². The Balaban J connectivity index is 0.00000364. The lowest BCUT2D eigenvalue weighted by Gasteiger charge is -2.38. The molecule has 1 aliphatic heterocycles. The number of nitrogens with two attached hydrogens (primary N) is 1. The number of hydrogen-bond acceptors (Lipinski definition) is 4. The van der Waals surface area contributed by atoms with Gasteiger partial charge in [0.15, 0.2) is 0 Å². The third-order valence-electron chi connectivity index (χ3n) is 4.93. The van der Waals surface area contributed by atoms with E-state index in [1.165, 1.54) is 0 Å². The molecule has 0 spiro atoms. The lowest BCUT2D eigenvalue weighted by Crippen LogP contribution is -2.57. The lowest BCUT2D eigenvalue weighted by atomic mass is 9.86. The van der Waals surface area contributed by atoms with Crippen LogP contribution in [0.5, 0.6) is 5.75 Å². The molecule has 1 saturated heterocycles. The zero-order chi connectivity index (χ0) is 19.3. The van der Waals surface area contributed by atoms with Crippen LogP contribution in [0.3, 0.4) is 0 Å². The Kier molecular flexibility index (Phi) is 8.57. The topological polar surface area (TPSA) is 75.9 Å². The number of benzene rings is 1. The van der Waals surface area contributed by atoms with E-state index in [0.717, 1.165) is 11.3 Å². The number of methoxy groups -OCH3 is 1. The van der Waals surface area contributed by atoms with Crippen LogP contribution in [0, 0.1) is 5.41 Å². The minimum atomic E-state index is -0.514. The van der Waals surface area contributed by atoms with Gasteiger partial charge in [-0.15, -0.1) is 12.4 Å². The van der Waals surface area contributed by atoms with Crippen molar-refractivity contribution in [3.8, 4) is 5.75 Å². The summed E-state index contributed by atoms with van der Waals surface area (Å²) in [5.74, 6) is 0.921. The van der Waals surface area contributed by atoms with Crippen LogP contribution in [0.15, 0.2) is 24.3 Å². The first-order valence-corrected chi connectivity index (χ1v) is 9.17. The quantitative estimate of drug-likeness (QED) is 0.825. The molecule has 0 saturated carbocycles. The van der Waals surface area contributed by atoms with Crippen molar-refractivity contribution in [3.05, 3.63) is 29.8 Å². The van der Waals surface area contributed by atoms with Crippen LogP contribution < -0.4 is 10.5 Å². The highest BCUT2D eigenvalue weighted by Crippen LogP contribution is 2.20. The van der Waals surface area contributed by atoms with Gasteiger partial charge in [-0.3, -0.25) is 9.59 Å². The van der Waals surface area contributed by atoms with E-state index in [-0.39, 0.29) is 29.6 Å². The second-order valence-electron chi connectivity index (χ2n) is 7.90. The molecule has 0 unspecified atom stereocenters. The largest absolute Gasteiger partial charge is 0.497 e. The zero-order valence-corrected chi connectivity index (χ0v) is 17.6. The summed E-state index contributed by atoms with van der Waals surface area (Å²) in [7, 11) is 1.64. The Bertz CT molecular complexity index is 620. The summed E-state index contributed by atoms with van der Waals surface area (Å²) in [6.07, 6.45) is 1.18. The fourth-order valence-corrected chi connectivity index (χ4v) is 2.94. The van der Waals surface area contributed by atoms with Crippen LogP contribution >= 0.6 is 12.4 Å². The number of piperazine rings is 1. The molecule has 0 aromatic heterocycles. The highest BCUT2D eigenvalue weighted by molar-refractivity contribution is 5.85. The molecule has 1 aromatic carbocycles. The van der Waals surface area contributed by atoms with Crippen LogP contribution in [-0.4, -0.2) is 60.9 Å². The van der Waals surface area contributed by atoms with Crippen molar-refractivity contribution < 1.29 is 14.3 Å². The molecule has 1 fully saturated rings. The van der Waals surface area contributed by atoms with Crippen molar-refractivity contribution in [1.82, 2.24) is 9.80 Å². The van der Waals surface area contributed by atoms with E-state index in [1.54, 1.807) is 12.0 Å². The normalized spacial score (nSPS) is 15.7. The Morgan fingerprint density at radius 2 is 1.59 bits per heavy atom. The fourth-order valence-electron chi connectivity index (χ4n) is 2.94. The number of carbonyl (C=O) groups is 2. The van der Waals surface area contributed by atoms with E-state index in [4.69, 9.17) is 10.5 Å². The average Bonchev–Trinajstić information content (AvgIpc) is 2.64. The van der Waals surface area contributed by atoms with Crippen molar-refractivity contribution in [2.24, 2.45) is 11.1 Å². The molecule has 1 aliphatic rings. The highest BCUT2D eigenvalue weighted by atomic mass is 35.5. The summed E-state index contributed by atoms with van der Waals surface area (Å²) < 4.78 is 5.14. The van der Waals surface area contributed by atoms with E-state index in [2.05, 4.69) is 0 Å². The molecule has 27 heavy (non-hydrogen) atoms. The monoisotopic (exact) mass is 397 g/mol. The number of ether oxygens (including phenoxy) is 1. The van der Waals surface area contributed by atoms with Gasteiger partial charge in [-0.2, -0.15) is 0 Å². The Hall–Kier alpha value is -1.79. The summed E-state index contributed by atoms with van der Waals surface area (Å²) in [4.78, 5) is 28.5. The minimum Gasteiger partial charge on any atom is -0.497 e. The molecule has 2 N–H and O–H groups in total. The predicted molar refractivity (Wildman–Crippen MR) is 109 cm³/mol. The maximum atomic E-state index is 12.5. The number of aryl methyl sites for hydroxylation is 1. The van der Waals surface area contributed by atoms with Crippen LogP contribution in [0.1, 0.15) is 32.8 Å². The highest BCUT2D eigenvalue weighted by Gasteiger charge is 2.33. The molecule has 2 amide bonds. The summed E-state index contributed by atoms with van der Waals surface area (Å²) >= 11 is 0. The first-order valence-electron chi connectivity index (χ1n) is 9.17. The van der Waals surface area contributed by atoms with E-state index in [0.29, 0.717) is 39.0 Å². The number of halogens is 1. The van der Waals surface area contributed by atoms with Gasteiger partial charge in [0.25, 0.3) is 0 Å². The number of rotatable bonds is 5. The number of nitrogens with zero attached hydrogens (tertiary/aromatic N) is 2. The van der Waals surface area contributed by atoms with Gasteiger partial charge in [-0.1, -0.05) is 32.9 Å². The summed E-state index contributed by atoms with van der Waals surface area (Å²) in [5.41, 5.74) is 6.93. The summed E-state index contributed by atoms with van der Waals surface area (Å²) in [6, 6.07) is 7.26. The molecule has 0 aliphatic carbocycles. The van der Waals surface area contributed by atoms with E-state index in [9.17, 15) is 9.59 Å². The van der Waals surface area contributed by atoms with Crippen LogP contribution in [0.4, 0.5) is 0 Å². The second-order valence-corrected chi connectivity index (χ2v) is 7.90. The predicted octanol–water partition coefficient (Wildman–Crippen LogP) is 2.09. The average molecular weight is 398 g/mol. The lowest BCUT2D eigenvalue weighted by molar-refractivity contribution is -0.141. The molecule has 152 valence electrons. The molecule has 1 heterocycles. The fraction of sp³-hybridized carbons (Fsp3) is 0.600. The van der Waals surface area contributed by atoms with Crippen LogP contribution in [0.25, 0.3) is 0 Å². The standard InChI is InChI=1S/C20H31N3O3.ClH/c1-20(2,3)18(21)19(25)23-13-11-22(12-14-23)17(24)10-7-15-5-8-16(26-4)9-6-15;/h5-6,8-9,18H,7,10-14,21H2,1-4H3;1H/t18-;/m1./s1. The number of carbonyl (C=O) groups excluding carboxylic acids is 2. The maximum Gasteiger partial charge on any atom is 0.240 e. The van der Waals surface area contributed by atoms with Gasteiger partial charge < -0.3 is 20.3 Å². The molecule has 0 bridgehead atoms. The SMILES string of the molecule is COc1ccc(CCC(=O)N2CCN(C(=O)[C@@H](N)C(C)(C)C)CC2)cc1.Cl. The molecule has 2 rings (SSSR count). The summed E-state index contributed by atoms with van der Waals surface area (Å²) in [6.45, 7) is 8.15. The Morgan fingerprint density at radius 1 is 1.07 bits per heavy atom. The van der Waals surface area contributed by atoms with Gasteiger partial charge in [0.05, 0.1) is 13.2 Å². The van der Waals surface area contributed by atoms with Crippen molar-refractivity contribution in [2.75, 3.05) is 33.3 Å².